The summed E-state index contributed by atoms with van der Waals surface area (Å²) >= 11 is 0. The van der Waals surface area contributed by atoms with Gasteiger partial charge in [0, 0.05) is 19.6 Å². The zero-order valence-corrected chi connectivity index (χ0v) is 15.6. The Morgan fingerprint density at radius 2 is 1.46 bits per heavy atom. The predicted molar refractivity (Wildman–Crippen MR) is 103 cm³/mol. The van der Waals surface area contributed by atoms with Crippen molar-refractivity contribution in [3.8, 4) is 0 Å². The molecule has 0 spiro atoms. The van der Waals surface area contributed by atoms with E-state index < -0.39 is 6.10 Å². The number of nitrogens with zero attached hydrogens (tertiary/aromatic N) is 1. The van der Waals surface area contributed by atoms with Gasteiger partial charge < -0.3 is 14.6 Å². The molecule has 1 aliphatic heterocycles. The van der Waals surface area contributed by atoms with Gasteiger partial charge in [0.2, 0.25) is 0 Å². The quantitative estimate of drug-likeness (QED) is 0.828. The Morgan fingerprint density at radius 3 is 1.96 bits per heavy atom. The normalized spacial score (nSPS) is 22.5. The Kier molecular flexibility index (Phi) is 6.80. The molecule has 0 aliphatic carbocycles. The minimum Gasteiger partial charge on any atom is -0.389 e. The fourth-order valence-electron chi connectivity index (χ4n) is 3.63. The zero-order valence-electron chi connectivity index (χ0n) is 15.6. The van der Waals surface area contributed by atoms with Crippen molar-refractivity contribution in [1.82, 2.24) is 4.90 Å². The summed E-state index contributed by atoms with van der Waals surface area (Å²) in [6, 6.07) is 20.3. The summed E-state index contributed by atoms with van der Waals surface area (Å²) in [4.78, 5) is 2.26. The zero-order chi connectivity index (χ0) is 18.4. The van der Waals surface area contributed by atoms with Gasteiger partial charge in [-0.15, -0.1) is 0 Å². The molecule has 4 heteroatoms. The SMILES string of the molecule is C[C@@H]1CN(C[C@@H](O)COC(c2ccccc2)c2ccccc2)C[C@H](C)O1. The molecule has 0 saturated carbocycles. The van der Waals surface area contributed by atoms with Crippen LogP contribution in [0.5, 0.6) is 0 Å². The maximum Gasteiger partial charge on any atom is 0.108 e. The second-order valence-corrected chi connectivity index (χ2v) is 7.16. The third-order valence-electron chi connectivity index (χ3n) is 4.62. The number of hydrogen-bond donors (Lipinski definition) is 1. The number of rotatable bonds is 7. The van der Waals surface area contributed by atoms with Crippen molar-refractivity contribution in [2.24, 2.45) is 0 Å². The van der Waals surface area contributed by atoms with E-state index in [1.54, 1.807) is 0 Å². The van der Waals surface area contributed by atoms with Crippen molar-refractivity contribution in [1.29, 1.82) is 0 Å². The molecule has 1 aliphatic rings. The van der Waals surface area contributed by atoms with Crippen molar-refractivity contribution < 1.29 is 14.6 Å². The minimum atomic E-state index is -0.526. The molecule has 4 nitrogen and oxygen atoms in total. The molecule has 1 heterocycles. The van der Waals surface area contributed by atoms with Gasteiger partial charge in [0.15, 0.2) is 0 Å². The van der Waals surface area contributed by atoms with Gasteiger partial charge in [-0.25, -0.2) is 0 Å². The summed E-state index contributed by atoms with van der Waals surface area (Å²) in [6.07, 6.45) is -0.293. The molecule has 1 fully saturated rings. The molecule has 0 amide bonds. The lowest BCUT2D eigenvalue weighted by molar-refractivity contribution is -0.0843. The van der Waals surface area contributed by atoms with Gasteiger partial charge in [0.05, 0.1) is 24.9 Å². The number of benzene rings is 2. The largest absolute Gasteiger partial charge is 0.389 e. The molecule has 1 N–H and O–H groups in total. The van der Waals surface area contributed by atoms with E-state index in [1.807, 2.05) is 36.4 Å². The van der Waals surface area contributed by atoms with E-state index in [4.69, 9.17) is 9.47 Å². The summed E-state index contributed by atoms with van der Waals surface area (Å²) in [5.74, 6) is 0. The van der Waals surface area contributed by atoms with E-state index in [-0.39, 0.29) is 18.3 Å². The highest BCUT2D eigenvalue weighted by molar-refractivity contribution is 5.29. The van der Waals surface area contributed by atoms with Gasteiger partial charge in [-0.3, -0.25) is 4.90 Å². The van der Waals surface area contributed by atoms with E-state index in [1.165, 1.54) is 0 Å². The van der Waals surface area contributed by atoms with Crippen LogP contribution in [0.4, 0.5) is 0 Å². The van der Waals surface area contributed by atoms with Crippen LogP contribution < -0.4 is 0 Å². The van der Waals surface area contributed by atoms with Gasteiger partial charge in [0.1, 0.15) is 6.10 Å². The molecule has 2 aromatic carbocycles. The van der Waals surface area contributed by atoms with Crippen molar-refractivity contribution in [3.63, 3.8) is 0 Å². The molecule has 2 aromatic rings. The molecule has 140 valence electrons. The number of hydrogen-bond acceptors (Lipinski definition) is 4. The maximum absolute atomic E-state index is 10.5. The van der Waals surface area contributed by atoms with Crippen LogP contribution in [0.3, 0.4) is 0 Å². The Bertz CT molecular complexity index is 599. The van der Waals surface area contributed by atoms with Crippen molar-refractivity contribution in [2.45, 2.75) is 38.3 Å². The molecule has 1 saturated heterocycles. The lowest BCUT2D eigenvalue weighted by Crippen LogP contribution is -2.48. The van der Waals surface area contributed by atoms with Crippen LogP contribution in [-0.2, 0) is 9.47 Å². The van der Waals surface area contributed by atoms with Gasteiger partial charge in [-0.2, -0.15) is 0 Å². The first kappa shape index (κ1) is 19.1. The van der Waals surface area contributed by atoms with Crippen molar-refractivity contribution in [3.05, 3.63) is 71.8 Å². The Labute approximate surface area is 156 Å². The van der Waals surface area contributed by atoms with Crippen LogP contribution in [0.15, 0.2) is 60.7 Å². The average molecular weight is 355 g/mol. The summed E-state index contributed by atoms with van der Waals surface area (Å²) in [6.45, 7) is 6.76. The number of β-amino-alcohol motifs (C(OH)–C–C–N with tert-alkyl or cyclic N) is 1. The first-order valence-corrected chi connectivity index (χ1v) is 9.39. The van der Waals surface area contributed by atoms with Crippen LogP contribution in [0.25, 0.3) is 0 Å². The Hall–Kier alpha value is -1.72. The van der Waals surface area contributed by atoms with Crippen LogP contribution in [-0.4, -0.2) is 54.6 Å². The smallest absolute Gasteiger partial charge is 0.108 e. The van der Waals surface area contributed by atoms with Gasteiger partial charge in [-0.05, 0) is 25.0 Å². The van der Waals surface area contributed by atoms with Gasteiger partial charge in [0.25, 0.3) is 0 Å². The fraction of sp³-hybridized carbons (Fsp3) is 0.455. The first-order valence-electron chi connectivity index (χ1n) is 9.39. The molecule has 26 heavy (non-hydrogen) atoms. The lowest BCUT2D eigenvalue weighted by Gasteiger charge is -2.36. The highest BCUT2D eigenvalue weighted by Gasteiger charge is 2.24. The number of aliphatic hydroxyl groups excluding tert-OH is 1. The average Bonchev–Trinajstić information content (AvgIpc) is 2.63. The maximum atomic E-state index is 10.5. The monoisotopic (exact) mass is 355 g/mol. The van der Waals surface area contributed by atoms with Crippen molar-refractivity contribution >= 4 is 0 Å². The first-order chi connectivity index (χ1) is 12.6. The summed E-state index contributed by atoms with van der Waals surface area (Å²) in [5.41, 5.74) is 2.19. The third kappa shape index (κ3) is 5.39. The topological polar surface area (TPSA) is 41.9 Å². The molecule has 3 rings (SSSR count). The molecule has 0 radical (unpaired) electrons. The molecule has 3 atom stereocenters. The number of morpholine rings is 1. The van der Waals surface area contributed by atoms with E-state index in [0.29, 0.717) is 13.2 Å². The predicted octanol–water partition coefficient (Wildman–Crippen LogP) is 3.26. The van der Waals surface area contributed by atoms with Gasteiger partial charge in [-0.1, -0.05) is 60.7 Å². The molecular weight excluding hydrogens is 326 g/mol. The van der Waals surface area contributed by atoms with Crippen LogP contribution in [0.1, 0.15) is 31.1 Å². The highest BCUT2D eigenvalue weighted by Crippen LogP contribution is 2.26. The third-order valence-corrected chi connectivity index (χ3v) is 4.62. The minimum absolute atomic E-state index is 0.172. The number of aliphatic hydroxyl groups is 1. The van der Waals surface area contributed by atoms with Crippen LogP contribution in [0.2, 0.25) is 0 Å². The highest BCUT2D eigenvalue weighted by atomic mass is 16.5. The summed E-state index contributed by atoms with van der Waals surface area (Å²) in [5, 5.41) is 10.5. The van der Waals surface area contributed by atoms with E-state index in [2.05, 4.69) is 43.0 Å². The summed E-state index contributed by atoms with van der Waals surface area (Å²) in [7, 11) is 0. The van der Waals surface area contributed by atoms with Crippen LogP contribution >= 0.6 is 0 Å². The summed E-state index contributed by atoms with van der Waals surface area (Å²) < 4.78 is 11.9. The van der Waals surface area contributed by atoms with Gasteiger partial charge >= 0.3 is 0 Å². The second-order valence-electron chi connectivity index (χ2n) is 7.16. The fourth-order valence-corrected chi connectivity index (χ4v) is 3.63. The Morgan fingerprint density at radius 1 is 0.962 bits per heavy atom. The molecule has 0 bridgehead atoms. The van der Waals surface area contributed by atoms with E-state index >= 15 is 0 Å². The van der Waals surface area contributed by atoms with Crippen molar-refractivity contribution in [2.75, 3.05) is 26.2 Å². The number of ether oxygens (including phenoxy) is 2. The van der Waals surface area contributed by atoms with Crippen LogP contribution in [0, 0.1) is 0 Å². The second kappa shape index (κ2) is 9.28. The molecule has 0 aromatic heterocycles. The van der Waals surface area contributed by atoms with E-state index in [0.717, 1.165) is 24.2 Å². The molecular formula is C22H29NO3. The standard InChI is InChI=1S/C22H29NO3/c1-17-13-23(14-18(2)26-17)15-21(24)16-25-22(19-9-5-3-6-10-19)20-11-7-4-8-12-20/h3-12,17-18,21-22,24H,13-16H2,1-2H3/t17-,18+,21-/m1/s1. The Balaban J connectivity index is 1.61. The lowest BCUT2D eigenvalue weighted by atomic mass is 10.0. The molecule has 0 unspecified atom stereocenters. The van der Waals surface area contributed by atoms with E-state index in [9.17, 15) is 5.11 Å².